The van der Waals surface area contributed by atoms with Crippen molar-refractivity contribution in [2.24, 2.45) is 0 Å². The van der Waals surface area contributed by atoms with Crippen molar-refractivity contribution in [1.29, 1.82) is 0 Å². The molecule has 3 aliphatic rings. The van der Waals surface area contributed by atoms with E-state index >= 15 is 0 Å². The number of hydrogen-bond acceptors (Lipinski definition) is 6. The number of nitrogens with one attached hydrogen (secondary N) is 2. The van der Waals surface area contributed by atoms with Crippen LogP contribution in [0.15, 0.2) is 66.7 Å². The number of carbonyl (C=O) groups is 4. The summed E-state index contributed by atoms with van der Waals surface area (Å²) in [5, 5.41) is 5.52. The van der Waals surface area contributed by atoms with Gasteiger partial charge in [-0.25, -0.2) is 0 Å². The van der Waals surface area contributed by atoms with Gasteiger partial charge in [-0.2, -0.15) is 0 Å². The van der Waals surface area contributed by atoms with E-state index < -0.39 is 29.7 Å². The van der Waals surface area contributed by atoms with E-state index in [0.29, 0.717) is 12.2 Å². The molecule has 0 saturated carbocycles. The average molecular weight is 495 g/mol. The van der Waals surface area contributed by atoms with Gasteiger partial charge in [0, 0.05) is 38.3 Å². The zero-order valence-corrected chi connectivity index (χ0v) is 20.2. The van der Waals surface area contributed by atoms with E-state index in [-0.39, 0.29) is 24.0 Å². The van der Waals surface area contributed by atoms with Crippen LogP contribution in [0.4, 0.5) is 5.69 Å². The molecule has 3 aromatic carbocycles. The molecule has 3 aromatic rings. The molecule has 1 saturated heterocycles. The fourth-order valence-corrected chi connectivity index (χ4v) is 5.40. The molecule has 1 atom stereocenters. The maximum Gasteiger partial charge on any atom is 0.264 e. The van der Waals surface area contributed by atoms with Crippen molar-refractivity contribution >= 4 is 29.3 Å². The Morgan fingerprint density at radius 1 is 0.811 bits per heavy atom. The summed E-state index contributed by atoms with van der Waals surface area (Å²) in [6, 6.07) is 21.0. The number of fused-ring (bicyclic) bond motifs is 2. The zero-order valence-electron chi connectivity index (χ0n) is 20.2. The normalized spacial score (nSPS) is 19.1. The van der Waals surface area contributed by atoms with E-state index in [9.17, 15) is 19.2 Å². The highest BCUT2D eigenvalue weighted by atomic mass is 16.2. The van der Waals surface area contributed by atoms with Gasteiger partial charge < -0.3 is 5.32 Å². The summed E-state index contributed by atoms with van der Waals surface area (Å²) in [6.45, 7) is 3.27. The Morgan fingerprint density at radius 2 is 1.51 bits per heavy atom. The average Bonchev–Trinajstić information content (AvgIpc) is 3.42. The molecule has 6 rings (SSSR count). The Bertz CT molecular complexity index is 1410. The van der Waals surface area contributed by atoms with Gasteiger partial charge >= 0.3 is 0 Å². The van der Waals surface area contributed by atoms with Crippen LogP contribution in [0.25, 0.3) is 0 Å². The zero-order chi connectivity index (χ0) is 25.5. The van der Waals surface area contributed by atoms with Crippen LogP contribution >= 0.6 is 0 Å². The summed E-state index contributed by atoms with van der Waals surface area (Å²) in [5.41, 5.74) is 6.14. The first-order chi connectivity index (χ1) is 18.0. The lowest BCUT2D eigenvalue weighted by molar-refractivity contribution is -0.136. The Kier molecular flexibility index (Phi) is 5.81. The minimum Gasteiger partial charge on any atom is -0.380 e. The smallest absolute Gasteiger partial charge is 0.264 e. The molecule has 0 aliphatic carbocycles. The van der Waals surface area contributed by atoms with Gasteiger partial charge in [-0.3, -0.25) is 34.3 Å². The maximum absolute atomic E-state index is 13.3. The fourth-order valence-electron chi connectivity index (χ4n) is 5.40. The van der Waals surface area contributed by atoms with Crippen molar-refractivity contribution in [3.05, 3.63) is 100 Å². The van der Waals surface area contributed by atoms with Gasteiger partial charge in [0.2, 0.25) is 11.8 Å². The van der Waals surface area contributed by atoms with E-state index in [1.807, 2.05) is 0 Å². The van der Waals surface area contributed by atoms with Gasteiger partial charge in [0.25, 0.3) is 11.8 Å². The van der Waals surface area contributed by atoms with E-state index in [2.05, 4.69) is 64.1 Å². The SMILES string of the molecule is O=C1CCC(N2C(=O)c3cccc(NCc4ccc(CN5Cc6ccccc6C5)cc4)c3C2=O)C(=O)N1. The minimum absolute atomic E-state index is 0.0929. The number of anilines is 1. The van der Waals surface area contributed by atoms with Gasteiger partial charge in [-0.1, -0.05) is 54.6 Å². The summed E-state index contributed by atoms with van der Waals surface area (Å²) in [6.07, 6.45) is 0.227. The number of rotatable bonds is 6. The first-order valence-electron chi connectivity index (χ1n) is 12.4. The van der Waals surface area contributed by atoms with E-state index in [1.54, 1.807) is 18.2 Å². The predicted octanol–water partition coefficient (Wildman–Crippen LogP) is 3.22. The third kappa shape index (κ3) is 4.29. The van der Waals surface area contributed by atoms with Crippen LogP contribution in [0.3, 0.4) is 0 Å². The molecule has 3 heterocycles. The Labute approximate surface area is 214 Å². The molecule has 0 radical (unpaired) electrons. The Hall–Kier alpha value is -4.30. The minimum atomic E-state index is -0.978. The summed E-state index contributed by atoms with van der Waals surface area (Å²) in [5.74, 6) is -2.03. The van der Waals surface area contributed by atoms with Crippen LogP contribution in [-0.4, -0.2) is 39.5 Å². The van der Waals surface area contributed by atoms with Gasteiger partial charge in [0.15, 0.2) is 0 Å². The van der Waals surface area contributed by atoms with Crippen LogP contribution in [0.1, 0.15) is 55.8 Å². The fraction of sp³-hybridized carbons (Fsp3) is 0.241. The molecular formula is C29H26N4O4. The summed E-state index contributed by atoms with van der Waals surface area (Å²) >= 11 is 0. The largest absolute Gasteiger partial charge is 0.380 e. The van der Waals surface area contributed by atoms with Crippen LogP contribution in [0.5, 0.6) is 0 Å². The van der Waals surface area contributed by atoms with Crippen molar-refractivity contribution in [2.45, 2.75) is 45.1 Å². The highest BCUT2D eigenvalue weighted by molar-refractivity contribution is 6.25. The molecule has 3 aliphatic heterocycles. The third-order valence-electron chi connectivity index (χ3n) is 7.29. The number of piperidine rings is 1. The van der Waals surface area contributed by atoms with E-state index in [1.165, 1.54) is 16.7 Å². The monoisotopic (exact) mass is 494 g/mol. The predicted molar refractivity (Wildman–Crippen MR) is 136 cm³/mol. The second kappa shape index (κ2) is 9.29. The molecule has 4 amide bonds. The molecule has 8 nitrogen and oxygen atoms in total. The molecule has 1 unspecified atom stereocenters. The quantitative estimate of drug-likeness (QED) is 0.511. The Balaban J connectivity index is 1.12. The lowest BCUT2D eigenvalue weighted by atomic mass is 10.0. The van der Waals surface area contributed by atoms with Gasteiger partial charge in [0.1, 0.15) is 6.04 Å². The molecule has 1 fully saturated rings. The molecule has 0 aromatic heterocycles. The molecule has 8 heteroatoms. The van der Waals surface area contributed by atoms with E-state index in [4.69, 9.17) is 0 Å². The van der Waals surface area contributed by atoms with Gasteiger partial charge in [-0.05, 0) is 40.8 Å². The van der Waals surface area contributed by atoms with Crippen molar-refractivity contribution in [3.8, 4) is 0 Å². The third-order valence-corrected chi connectivity index (χ3v) is 7.29. The first-order valence-corrected chi connectivity index (χ1v) is 12.4. The molecular weight excluding hydrogens is 468 g/mol. The van der Waals surface area contributed by atoms with Crippen LogP contribution < -0.4 is 10.6 Å². The van der Waals surface area contributed by atoms with Crippen molar-refractivity contribution in [2.75, 3.05) is 5.32 Å². The highest BCUT2D eigenvalue weighted by Crippen LogP contribution is 2.32. The van der Waals surface area contributed by atoms with Crippen LogP contribution in [0, 0.1) is 0 Å². The number of carbonyl (C=O) groups excluding carboxylic acids is 4. The topological polar surface area (TPSA) is 98.8 Å². The standard InChI is InChI=1S/C29H26N4O4/c34-25-13-12-24(27(35)31-25)33-28(36)22-6-3-7-23(26(22)29(33)37)30-14-18-8-10-19(11-9-18)15-32-16-20-4-1-2-5-21(20)17-32/h1-11,24,30H,12-17H2,(H,31,34,35). The first kappa shape index (κ1) is 23.1. The Morgan fingerprint density at radius 3 is 2.22 bits per heavy atom. The second-order valence-electron chi connectivity index (χ2n) is 9.76. The van der Waals surface area contributed by atoms with Crippen LogP contribution in [-0.2, 0) is 35.8 Å². The van der Waals surface area contributed by atoms with E-state index in [0.717, 1.165) is 30.1 Å². The number of benzene rings is 3. The van der Waals surface area contributed by atoms with Crippen molar-refractivity contribution in [3.63, 3.8) is 0 Å². The summed E-state index contributed by atoms with van der Waals surface area (Å²) in [7, 11) is 0. The number of imide groups is 2. The molecule has 2 N–H and O–H groups in total. The summed E-state index contributed by atoms with van der Waals surface area (Å²) in [4.78, 5) is 53.5. The number of hydrogen-bond donors (Lipinski definition) is 2. The molecule has 0 bridgehead atoms. The number of nitrogens with zero attached hydrogens (tertiary/aromatic N) is 2. The lowest BCUT2D eigenvalue weighted by Gasteiger charge is -2.27. The highest BCUT2D eigenvalue weighted by Gasteiger charge is 2.45. The van der Waals surface area contributed by atoms with Crippen molar-refractivity contribution in [1.82, 2.24) is 15.1 Å². The number of amides is 4. The van der Waals surface area contributed by atoms with Gasteiger partial charge in [0.05, 0.1) is 11.1 Å². The molecule has 0 spiro atoms. The summed E-state index contributed by atoms with van der Waals surface area (Å²) < 4.78 is 0. The van der Waals surface area contributed by atoms with Crippen molar-refractivity contribution < 1.29 is 19.2 Å². The second-order valence-corrected chi connectivity index (χ2v) is 9.76. The van der Waals surface area contributed by atoms with Crippen LogP contribution in [0.2, 0.25) is 0 Å². The molecule has 186 valence electrons. The van der Waals surface area contributed by atoms with Gasteiger partial charge in [-0.15, -0.1) is 0 Å². The lowest BCUT2D eigenvalue weighted by Crippen LogP contribution is -2.54. The maximum atomic E-state index is 13.3. The molecule has 37 heavy (non-hydrogen) atoms.